The molecular weight excluding hydrogens is 324 g/mol. The Morgan fingerprint density at radius 1 is 1.12 bits per heavy atom. The molecular formula is C18H22N2O3S. The second-order valence-electron chi connectivity index (χ2n) is 6.09. The molecule has 24 heavy (non-hydrogen) atoms. The standard InChI is InChI=1S/C18H22N2O3S/c1-13-6-8-15(9-7-13)10-14(2)18(21)20-17-5-3-4-16(11-17)12-24(19,22)23/h3-9,11,14H,10,12H2,1-2H3,(H,20,21)(H2,19,22,23). The number of carbonyl (C=O) groups excluding carboxylic acids is 1. The summed E-state index contributed by atoms with van der Waals surface area (Å²) in [7, 11) is -3.60. The Labute approximate surface area is 142 Å². The lowest BCUT2D eigenvalue weighted by molar-refractivity contribution is -0.119. The van der Waals surface area contributed by atoms with Crippen LogP contribution in [0.15, 0.2) is 48.5 Å². The minimum atomic E-state index is -3.60. The zero-order valence-electron chi connectivity index (χ0n) is 13.8. The molecule has 0 saturated carbocycles. The molecule has 0 aromatic heterocycles. The van der Waals surface area contributed by atoms with Gasteiger partial charge in [-0.2, -0.15) is 0 Å². The molecule has 0 spiro atoms. The van der Waals surface area contributed by atoms with Gasteiger partial charge < -0.3 is 5.32 Å². The molecule has 0 heterocycles. The maximum absolute atomic E-state index is 12.3. The fourth-order valence-electron chi connectivity index (χ4n) is 2.41. The molecule has 0 fully saturated rings. The van der Waals surface area contributed by atoms with Crippen molar-refractivity contribution in [3.05, 3.63) is 65.2 Å². The van der Waals surface area contributed by atoms with E-state index in [1.165, 1.54) is 5.56 Å². The van der Waals surface area contributed by atoms with E-state index in [2.05, 4.69) is 5.32 Å². The topological polar surface area (TPSA) is 89.3 Å². The zero-order valence-corrected chi connectivity index (χ0v) is 14.6. The summed E-state index contributed by atoms with van der Waals surface area (Å²) in [4.78, 5) is 12.3. The van der Waals surface area contributed by atoms with Crippen molar-refractivity contribution < 1.29 is 13.2 Å². The first-order valence-electron chi connectivity index (χ1n) is 7.69. The number of benzene rings is 2. The van der Waals surface area contributed by atoms with E-state index in [1.807, 2.05) is 38.1 Å². The molecule has 2 aromatic carbocycles. The highest BCUT2D eigenvalue weighted by Gasteiger charge is 2.14. The van der Waals surface area contributed by atoms with Crippen molar-refractivity contribution in [2.45, 2.75) is 26.0 Å². The summed E-state index contributed by atoms with van der Waals surface area (Å²) < 4.78 is 22.3. The lowest BCUT2D eigenvalue weighted by Crippen LogP contribution is -2.22. The Kier molecular flexibility index (Phi) is 5.75. The number of anilines is 1. The summed E-state index contributed by atoms with van der Waals surface area (Å²) in [6.45, 7) is 3.89. The molecule has 0 aliphatic heterocycles. The minimum Gasteiger partial charge on any atom is -0.326 e. The Morgan fingerprint density at radius 2 is 1.79 bits per heavy atom. The highest BCUT2D eigenvalue weighted by molar-refractivity contribution is 7.88. The Hall–Kier alpha value is -2.18. The van der Waals surface area contributed by atoms with Crippen LogP contribution < -0.4 is 10.5 Å². The van der Waals surface area contributed by atoms with Gasteiger partial charge in [0, 0.05) is 11.6 Å². The van der Waals surface area contributed by atoms with E-state index >= 15 is 0 Å². The van der Waals surface area contributed by atoms with Gasteiger partial charge in [-0.25, -0.2) is 13.6 Å². The van der Waals surface area contributed by atoms with Gasteiger partial charge in [0.05, 0.1) is 5.75 Å². The number of rotatable bonds is 6. The molecule has 1 amide bonds. The number of nitrogens with one attached hydrogen (secondary N) is 1. The van der Waals surface area contributed by atoms with Crippen LogP contribution in [0.5, 0.6) is 0 Å². The summed E-state index contributed by atoms with van der Waals surface area (Å²) >= 11 is 0. The van der Waals surface area contributed by atoms with Crippen molar-refractivity contribution in [3.63, 3.8) is 0 Å². The predicted molar refractivity (Wildman–Crippen MR) is 95.9 cm³/mol. The lowest BCUT2D eigenvalue weighted by atomic mass is 9.99. The molecule has 1 unspecified atom stereocenters. The van der Waals surface area contributed by atoms with Gasteiger partial charge in [0.25, 0.3) is 0 Å². The average Bonchev–Trinajstić information content (AvgIpc) is 2.48. The number of amides is 1. The molecule has 6 heteroatoms. The first-order chi connectivity index (χ1) is 11.2. The number of hydrogen-bond acceptors (Lipinski definition) is 3. The third-order valence-corrected chi connectivity index (χ3v) is 4.41. The van der Waals surface area contributed by atoms with Gasteiger partial charge in [-0.15, -0.1) is 0 Å². The third-order valence-electron chi connectivity index (χ3n) is 3.67. The fourth-order valence-corrected chi connectivity index (χ4v) is 3.05. The highest BCUT2D eigenvalue weighted by atomic mass is 32.2. The van der Waals surface area contributed by atoms with Crippen LogP contribution in [0.2, 0.25) is 0 Å². The number of sulfonamides is 1. The molecule has 1 atom stereocenters. The van der Waals surface area contributed by atoms with Gasteiger partial charge in [-0.3, -0.25) is 4.79 Å². The molecule has 0 aliphatic rings. The number of primary sulfonamides is 1. The van der Waals surface area contributed by atoms with Crippen molar-refractivity contribution in [3.8, 4) is 0 Å². The first kappa shape index (κ1) is 18.2. The molecule has 5 nitrogen and oxygen atoms in total. The van der Waals surface area contributed by atoms with E-state index in [9.17, 15) is 13.2 Å². The van der Waals surface area contributed by atoms with Gasteiger partial charge in [0.15, 0.2) is 0 Å². The zero-order chi connectivity index (χ0) is 17.7. The van der Waals surface area contributed by atoms with E-state index in [4.69, 9.17) is 5.14 Å². The van der Waals surface area contributed by atoms with E-state index in [0.29, 0.717) is 17.7 Å². The Morgan fingerprint density at radius 3 is 2.42 bits per heavy atom. The molecule has 0 bridgehead atoms. The van der Waals surface area contributed by atoms with Crippen LogP contribution in [0, 0.1) is 12.8 Å². The first-order valence-corrected chi connectivity index (χ1v) is 9.40. The Balaban J connectivity index is 2.00. The summed E-state index contributed by atoms with van der Waals surface area (Å²) in [6, 6.07) is 14.8. The van der Waals surface area contributed by atoms with Crippen LogP contribution >= 0.6 is 0 Å². The normalized spacial score (nSPS) is 12.6. The molecule has 0 saturated heterocycles. The fraction of sp³-hybridized carbons (Fsp3) is 0.278. The predicted octanol–water partition coefficient (Wildman–Crippen LogP) is 2.60. The Bertz CT molecular complexity index is 814. The number of hydrogen-bond donors (Lipinski definition) is 2. The van der Waals surface area contributed by atoms with Gasteiger partial charge in [0.1, 0.15) is 0 Å². The molecule has 3 N–H and O–H groups in total. The van der Waals surface area contributed by atoms with E-state index in [1.54, 1.807) is 24.3 Å². The second kappa shape index (κ2) is 7.59. The molecule has 0 aliphatic carbocycles. The van der Waals surface area contributed by atoms with Crippen molar-refractivity contribution in [2.24, 2.45) is 11.1 Å². The van der Waals surface area contributed by atoms with Gasteiger partial charge >= 0.3 is 0 Å². The minimum absolute atomic E-state index is 0.108. The highest BCUT2D eigenvalue weighted by Crippen LogP contribution is 2.16. The maximum Gasteiger partial charge on any atom is 0.227 e. The molecule has 2 aromatic rings. The monoisotopic (exact) mass is 346 g/mol. The van der Waals surface area contributed by atoms with Crippen LogP contribution in [0.25, 0.3) is 0 Å². The summed E-state index contributed by atoms with van der Waals surface area (Å²) in [5, 5.41) is 7.87. The largest absolute Gasteiger partial charge is 0.326 e. The van der Waals surface area contributed by atoms with Crippen molar-refractivity contribution >= 4 is 21.6 Å². The number of aryl methyl sites for hydroxylation is 1. The number of nitrogens with two attached hydrogens (primary N) is 1. The van der Waals surface area contributed by atoms with Gasteiger partial charge in [-0.05, 0) is 36.6 Å². The van der Waals surface area contributed by atoms with Crippen LogP contribution in [0.3, 0.4) is 0 Å². The third kappa shape index (κ3) is 5.79. The molecule has 128 valence electrons. The molecule has 0 radical (unpaired) electrons. The van der Waals surface area contributed by atoms with Crippen LogP contribution in [-0.2, 0) is 27.0 Å². The van der Waals surface area contributed by atoms with Crippen molar-refractivity contribution in [1.29, 1.82) is 0 Å². The summed E-state index contributed by atoms with van der Waals surface area (Å²) in [5.41, 5.74) is 3.40. The van der Waals surface area contributed by atoms with E-state index in [0.717, 1.165) is 5.56 Å². The lowest BCUT2D eigenvalue weighted by Gasteiger charge is -2.13. The van der Waals surface area contributed by atoms with Gasteiger partial charge in [-0.1, -0.05) is 48.9 Å². The van der Waals surface area contributed by atoms with E-state index < -0.39 is 10.0 Å². The smallest absolute Gasteiger partial charge is 0.227 e. The van der Waals surface area contributed by atoms with E-state index in [-0.39, 0.29) is 17.6 Å². The number of carbonyl (C=O) groups is 1. The molecule has 2 rings (SSSR count). The quantitative estimate of drug-likeness (QED) is 0.842. The van der Waals surface area contributed by atoms with Gasteiger partial charge in [0.2, 0.25) is 15.9 Å². The summed E-state index contributed by atoms with van der Waals surface area (Å²) in [5.74, 6) is -0.562. The summed E-state index contributed by atoms with van der Waals surface area (Å²) in [6.07, 6.45) is 0.642. The SMILES string of the molecule is Cc1ccc(CC(C)C(=O)Nc2cccc(CS(N)(=O)=O)c2)cc1. The van der Waals surface area contributed by atoms with Crippen LogP contribution in [0.4, 0.5) is 5.69 Å². The van der Waals surface area contributed by atoms with Crippen LogP contribution in [-0.4, -0.2) is 14.3 Å². The van der Waals surface area contributed by atoms with Crippen molar-refractivity contribution in [1.82, 2.24) is 0 Å². The average molecular weight is 346 g/mol. The van der Waals surface area contributed by atoms with Crippen LogP contribution in [0.1, 0.15) is 23.6 Å². The maximum atomic E-state index is 12.3. The van der Waals surface area contributed by atoms with Crippen molar-refractivity contribution in [2.75, 3.05) is 5.32 Å². The second-order valence-corrected chi connectivity index (χ2v) is 7.70.